The first-order valence-electron chi connectivity index (χ1n) is 4.97. The highest BCUT2D eigenvalue weighted by Crippen LogP contribution is 2.39. The minimum absolute atomic E-state index is 0.0624. The summed E-state index contributed by atoms with van der Waals surface area (Å²) in [6.07, 6.45) is 1.41. The number of nitro groups is 1. The summed E-state index contributed by atoms with van der Waals surface area (Å²) in [5.41, 5.74) is -0.304. The predicted molar refractivity (Wildman–Crippen MR) is 75.6 cm³/mol. The molecule has 0 unspecified atom stereocenters. The van der Waals surface area contributed by atoms with Crippen LogP contribution in [0, 0.1) is 10.1 Å². The number of aromatic nitrogens is 1. The van der Waals surface area contributed by atoms with E-state index in [9.17, 15) is 14.9 Å². The summed E-state index contributed by atoms with van der Waals surface area (Å²) < 4.78 is 6.40. The third kappa shape index (κ3) is 3.21. The molecule has 1 heterocycles. The zero-order valence-electron chi connectivity index (χ0n) is 9.22. The van der Waals surface area contributed by atoms with Crippen LogP contribution in [0.25, 0.3) is 0 Å². The van der Waals surface area contributed by atoms with E-state index in [4.69, 9.17) is 4.74 Å². The van der Waals surface area contributed by atoms with Gasteiger partial charge in [0.2, 0.25) is 5.56 Å². The van der Waals surface area contributed by atoms with Gasteiger partial charge in [-0.1, -0.05) is 0 Å². The first kappa shape index (κ1) is 13.8. The van der Waals surface area contributed by atoms with Gasteiger partial charge in [0.1, 0.15) is 5.75 Å². The third-order valence-corrected chi connectivity index (χ3v) is 3.35. The van der Waals surface area contributed by atoms with Crippen molar-refractivity contribution in [2.45, 2.75) is 0 Å². The molecular weight excluding hydrogens is 384 g/mol. The van der Waals surface area contributed by atoms with E-state index in [1.54, 1.807) is 0 Å². The number of halogens is 2. The zero-order valence-corrected chi connectivity index (χ0v) is 12.4. The maximum absolute atomic E-state index is 10.9. The van der Waals surface area contributed by atoms with Crippen LogP contribution in [0.2, 0.25) is 0 Å². The fourth-order valence-electron chi connectivity index (χ4n) is 1.33. The number of hydrogen-bond acceptors (Lipinski definition) is 4. The minimum atomic E-state index is -0.501. The molecule has 98 valence electrons. The molecule has 0 saturated carbocycles. The van der Waals surface area contributed by atoms with Gasteiger partial charge < -0.3 is 9.72 Å². The molecule has 0 aliphatic heterocycles. The van der Waals surface area contributed by atoms with Crippen LogP contribution in [0.1, 0.15) is 0 Å². The van der Waals surface area contributed by atoms with E-state index < -0.39 is 4.92 Å². The quantitative estimate of drug-likeness (QED) is 0.641. The molecular formula is C11H6Br2N2O4. The number of ether oxygens (including phenoxy) is 1. The first-order chi connectivity index (χ1) is 8.97. The molecule has 2 aromatic rings. The molecule has 2 rings (SSSR count). The largest absolute Gasteiger partial charge is 0.453 e. The molecule has 1 N–H and O–H groups in total. The summed E-state index contributed by atoms with van der Waals surface area (Å²) in [5, 5.41) is 10.7. The Labute approximate surface area is 123 Å². The maximum Gasteiger partial charge on any atom is 0.271 e. The molecule has 6 nitrogen and oxygen atoms in total. The van der Waals surface area contributed by atoms with E-state index in [2.05, 4.69) is 36.8 Å². The smallest absolute Gasteiger partial charge is 0.271 e. The Kier molecular flexibility index (Phi) is 4.01. The summed E-state index contributed by atoms with van der Waals surface area (Å²) in [7, 11) is 0. The number of nitrogens with one attached hydrogen (secondary N) is 1. The molecule has 0 saturated heterocycles. The monoisotopic (exact) mass is 388 g/mol. The molecule has 0 radical (unpaired) electrons. The van der Waals surface area contributed by atoms with E-state index in [1.165, 1.54) is 30.5 Å². The van der Waals surface area contributed by atoms with Gasteiger partial charge in [-0.05, 0) is 37.9 Å². The second-order valence-electron chi connectivity index (χ2n) is 3.49. The zero-order chi connectivity index (χ0) is 14.0. The highest BCUT2D eigenvalue weighted by molar-refractivity contribution is 9.11. The van der Waals surface area contributed by atoms with Crippen LogP contribution in [0.15, 0.2) is 44.2 Å². The van der Waals surface area contributed by atoms with Crippen molar-refractivity contribution in [1.82, 2.24) is 4.98 Å². The van der Waals surface area contributed by atoms with E-state index in [0.29, 0.717) is 20.4 Å². The number of aromatic amines is 1. The molecule has 0 amide bonds. The van der Waals surface area contributed by atoms with Crippen LogP contribution in [-0.2, 0) is 0 Å². The molecule has 0 fully saturated rings. The van der Waals surface area contributed by atoms with Crippen molar-refractivity contribution < 1.29 is 9.66 Å². The van der Waals surface area contributed by atoms with E-state index in [1.807, 2.05) is 0 Å². The molecule has 8 heteroatoms. The topological polar surface area (TPSA) is 85.2 Å². The highest BCUT2D eigenvalue weighted by atomic mass is 79.9. The Hall–Kier alpha value is -1.67. The number of rotatable bonds is 3. The third-order valence-electron chi connectivity index (χ3n) is 2.17. The lowest BCUT2D eigenvalue weighted by molar-refractivity contribution is -0.385. The average molecular weight is 390 g/mol. The fourth-order valence-corrected chi connectivity index (χ4v) is 2.65. The summed E-state index contributed by atoms with van der Waals surface area (Å²) in [6.45, 7) is 0. The summed E-state index contributed by atoms with van der Waals surface area (Å²) >= 11 is 6.41. The lowest BCUT2D eigenvalue weighted by atomic mass is 10.3. The van der Waals surface area contributed by atoms with Crippen LogP contribution in [-0.4, -0.2) is 9.91 Å². The molecule has 0 aliphatic rings. The lowest BCUT2D eigenvalue weighted by Gasteiger charge is -2.09. The Bertz CT molecular complexity index is 656. The molecule has 0 bridgehead atoms. The molecule has 19 heavy (non-hydrogen) atoms. The normalized spacial score (nSPS) is 10.2. The van der Waals surface area contributed by atoms with Crippen molar-refractivity contribution in [1.29, 1.82) is 0 Å². The summed E-state index contributed by atoms with van der Waals surface area (Å²) in [5.74, 6) is 0.799. The van der Waals surface area contributed by atoms with Crippen molar-refractivity contribution in [3.05, 3.63) is 59.9 Å². The fraction of sp³-hybridized carbons (Fsp3) is 0. The minimum Gasteiger partial charge on any atom is -0.453 e. The van der Waals surface area contributed by atoms with Crippen molar-refractivity contribution in [3.63, 3.8) is 0 Å². The summed E-state index contributed by atoms with van der Waals surface area (Å²) in [4.78, 5) is 23.6. The van der Waals surface area contributed by atoms with Crippen molar-refractivity contribution in [2.75, 3.05) is 0 Å². The second-order valence-corrected chi connectivity index (χ2v) is 5.20. The van der Waals surface area contributed by atoms with Crippen LogP contribution in [0.4, 0.5) is 5.69 Å². The molecule has 1 aromatic heterocycles. The Balaban J connectivity index is 2.38. The lowest BCUT2D eigenvalue weighted by Crippen LogP contribution is -2.01. The number of H-pyrrole nitrogens is 1. The van der Waals surface area contributed by atoms with Gasteiger partial charge in [0, 0.05) is 24.4 Å². The van der Waals surface area contributed by atoms with Crippen molar-refractivity contribution in [3.8, 4) is 11.5 Å². The summed E-state index contributed by atoms with van der Waals surface area (Å²) in [6, 6.07) is 5.50. The molecule has 0 aliphatic carbocycles. The van der Waals surface area contributed by atoms with Crippen LogP contribution >= 0.6 is 31.9 Å². The Morgan fingerprint density at radius 3 is 2.32 bits per heavy atom. The number of nitrogens with zero attached hydrogens (tertiary/aromatic N) is 1. The van der Waals surface area contributed by atoms with Gasteiger partial charge in [0.15, 0.2) is 5.75 Å². The highest BCUT2D eigenvalue weighted by Gasteiger charge is 2.15. The molecule has 1 aromatic carbocycles. The Morgan fingerprint density at radius 1 is 1.21 bits per heavy atom. The van der Waals surface area contributed by atoms with E-state index in [0.717, 1.165) is 0 Å². The van der Waals surface area contributed by atoms with Gasteiger partial charge in [-0.3, -0.25) is 14.9 Å². The maximum atomic E-state index is 10.9. The van der Waals surface area contributed by atoms with E-state index in [-0.39, 0.29) is 11.2 Å². The number of hydrogen-bond donors (Lipinski definition) is 1. The van der Waals surface area contributed by atoms with Gasteiger partial charge >= 0.3 is 0 Å². The van der Waals surface area contributed by atoms with Crippen LogP contribution in [0.5, 0.6) is 11.5 Å². The Morgan fingerprint density at radius 2 is 1.84 bits per heavy atom. The van der Waals surface area contributed by atoms with Gasteiger partial charge in [-0.2, -0.15) is 0 Å². The number of benzene rings is 1. The van der Waals surface area contributed by atoms with Crippen LogP contribution < -0.4 is 10.3 Å². The van der Waals surface area contributed by atoms with E-state index >= 15 is 0 Å². The van der Waals surface area contributed by atoms with Gasteiger partial charge in [0.05, 0.1) is 13.9 Å². The van der Waals surface area contributed by atoms with Crippen LogP contribution in [0.3, 0.4) is 0 Å². The number of pyridine rings is 1. The van der Waals surface area contributed by atoms with Gasteiger partial charge in [-0.15, -0.1) is 0 Å². The molecule has 0 spiro atoms. The second kappa shape index (κ2) is 5.54. The number of nitro benzene ring substituents is 1. The van der Waals surface area contributed by atoms with Crippen molar-refractivity contribution in [2.24, 2.45) is 0 Å². The molecule has 0 atom stereocenters. The average Bonchev–Trinajstić information content (AvgIpc) is 2.35. The van der Waals surface area contributed by atoms with Gasteiger partial charge in [-0.25, -0.2) is 0 Å². The first-order valence-corrected chi connectivity index (χ1v) is 6.56. The van der Waals surface area contributed by atoms with Gasteiger partial charge in [0.25, 0.3) is 5.69 Å². The SMILES string of the molecule is O=c1ccc(Oc2c(Br)cc([N+](=O)[O-])cc2Br)c[nH]1. The standard InChI is InChI=1S/C11H6Br2N2O4/c12-8-3-6(15(17)18)4-9(13)11(8)19-7-1-2-10(16)14-5-7/h1-5H,(H,14,16). The van der Waals surface area contributed by atoms with Crippen molar-refractivity contribution >= 4 is 37.5 Å². The predicted octanol–water partition coefficient (Wildman–Crippen LogP) is 3.60. The number of non-ortho nitro benzene ring substituents is 1.